The molecule has 176 valence electrons. The standard InChI is InChI=1S/C26H25ClN2O4S/c1-2-29-14-22(25(32)28-13-17-8-10-19(27)11-9-17)24(31)21-12-20(34-26(21)29)15-33-16-23(30)18-6-4-3-5-7-18/h3-12,14,23,30H,2,13,15-16H2,1H3,(H,28,32)/t23-/m1/s1. The van der Waals surface area contributed by atoms with Gasteiger partial charge in [0, 0.05) is 29.2 Å². The Kier molecular flexibility index (Phi) is 7.80. The summed E-state index contributed by atoms with van der Waals surface area (Å²) >= 11 is 7.36. The molecule has 0 unspecified atom stereocenters. The molecule has 0 saturated carbocycles. The molecule has 2 aromatic carbocycles. The Morgan fingerprint density at radius 2 is 1.91 bits per heavy atom. The number of halogens is 1. The number of aromatic nitrogens is 1. The lowest BCUT2D eigenvalue weighted by Gasteiger charge is -2.10. The second kappa shape index (κ2) is 11.0. The Labute approximate surface area is 206 Å². The van der Waals surface area contributed by atoms with Gasteiger partial charge in [-0.05, 0) is 36.2 Å². The van der Waals surface area contributed by atoms with Crippen molar-refractivity contribution in [2.24, 2.45) is 0 Å². The number of ether oxygens (including phenoxy) is 1. The van der Waals surface area contributed by atoms with Gasteiger partial charge in [-0.15, -0.1) is 11.3 Å². The van der Waals surface area contributed by atoms with Gasteiger partial charge in [0.05, 0.1) is 18.6 Å². The Morgan fingerprint density at radius 3 is 2.62 bits per heavy atom. The van der Waals surface area contributed by atoms with Gasteiger partial charge in [-0.2, -0.15) is 0 Å². The summed E-state index contributed by atoms with van der Waals surface area (Å²) in [6, 6.07) is 18.3. The van der Waals surface area contributed by atoms with Gasteiger partial charge < -0.3 is 19.7 Å². The van der Waals surface area contributed by atoms with E-state index in [1.54, 1.807) is 24.4 Å². The Balaban J connectivity index is 1.48. The molecule has 8 heteroatoms. The van der Waals surface area contributed by atoms with Gasteiger partial charge >= 0.3 is 0 Å². The van der Waals surface area contributed by atoms with Crippen LogP contribution in [0.4, 0.5) is 0 Å². The molecule has 0 aliphatic rings. The Hall–Kier alpha value is -2.97. The minimum Gasteiger partial charge on any atom is -0.386 e. The molecule has 34 heavy (non-hydrogen) atoms. The molecule has 2 heterocycles. The van der Waals surface area contributed by atoms with Crippen molar-refractivity contribution in [2.45, 2.75) is 32.7 Å². The number of aliphatic hydroxyl groups excluding tert-OH is 1. The summed E-state index contributed by atoms with van der Waals surface area (Å²) < 4.78 is 7.62. The van der Waals surface area contributed by atoms with Gasteiger partial charge in [0.1, 0.15) is 16.5 Å². The van der Waals surface area contributed by atoms with E-state index in [9.17, 15) is 14.7 Å². The Bertz CT molecular complexity index is 1330. The molecule has 1 atom stereocenters. The zero-order valence-corrected chi connectivity index (χ0v) is 20.2. The summed E-state index contributed by atoms with van der Waals surface area (Å²) in [5.41, 5.74) is 1.48. The van der Waals surface area contributed by atoms with Gasteiger partial charge in [0.25, 0.3) is 5.91 Å². The topological polar surface area (TPSA) is 80.6 Å². The summed E-state index contributed by atoms with van der Waals surface area (Å²) in [6.45, 7) is 3.29. The van der Waals surface area contributed by atoms with Crippen LogP contribution in [0.25, 0.3) is 10.2 Å². The van der Waals surface area contributed by atoms with E-state index in [1.807, 2.05) is 54.0 Å². The number of hydrogen-bond acceptors (Lipinski definition) is 5. The number of aryl methyl sites for hydroxylation is 1. The van der Waals surface area contributed by atoms with Crippen molar-refractivity contribution >= 4 is 39.1 Å². The van der Waals surface area contributed by atoms with Crippen LogP contribution >= 0.6 is 22.9 Å². The average Bonchev–Trinajstić information content (AvgIpc) is 3.29. The maximum absolute atomic E-state index is 13.1. The molecular formula is C26H25ClN2O4S. The van der Waals surface area contributed by atoms with Crippen molar-refractivity contribution in [1.29, 1.82) is 0 Å². The zero-order valence-electron chi connectivity index (χ0n) is 18.7. The molecule has 4 rings (SSSR count). The van der Waals surface area contributed by atoms with Crippen molar-refractivity contribution in [3.8, 4) is 0 Å². The van der Waals surface area contributed by atoms with E-state index in [-0.39, 0.29) is 24.2 Å². The van der Waals surface area contributed by atoms with E-state index >= 15 is 0 Å². The summed E-state index contributed by atoms with van der Waals surface area (Å²) in [4.78, 5) is 27.6. The number of thiophene rings is 1. The van der Waals surface area contributed by atoms with E-state index in [0.717, 1.165) is 20.8 Å². The van der Waals surface area contributed by atoms with Crippen molar-refractivity contribution in [3.63, 3.8) is 0 Å². The molecule has 0 fully saturated rings. The average molecular weight is 497 g/mol. The molecular weight excluding hydrogens is 472 g/mol. The first-order valence-electron chi connectivity index (χ1n) is 11.0. The molecule has 0 saturated heterocycles. The van der Waals surface area contributed by atoms with Crippen LogP contribution in [0.1, 0.15) is 39.4 Å². The highest BCUT2D eigenvalue weighted by Crippen LogP contribution is 2.25. The van der Waals surface area contributed by atoms with Crippen LogP contribution in [0, 0.1) is 0 Å². The molecule has 0 aliphatic carbocycles. The van der Waals surface area contributed by atoms with E-state index in [0.29, 0.717) is 23.5 Å². The number of hydrogen-bond donors (Lipinski definition) is 2. The van der Waals surface area contributed by atoms with Crippen LogP contribution in [0.3, 0.4) is 0 Å². The number of fused-ring (bicyclic) bond motifs is 1. The molecule has 2 aromatic heterocycles. The fraction of sp³-hybridized carbons (Fsp3) is 0.231. The third kappa shape index (κ3) is 5.56. The number of carbonyl (C=O) groups excluding carboxylic acids is 1. The predicted octanol–water partition coefficient (Wildman–Crippen LogP) is 4.92. The molecule has 2 N–H and O–H groups in total. The highest BCUT2D eigenvalue weighted by molar-refractivity contribution is 7.18. The number of amides is 1. The molecule has 1 amide bonds. The number of rotatable bonds is 9. The first-order chi connectivity index (χ1) is 16.5. The number of aliphatic hydroxyl groups is 1. The summed E-state index contributed by atoms with van der Waals surface area (Å²) in [7, 11) is 0. The second-order valence-corrected chi connectivity index (χ2v) is 9.39. The van der Waals surface area contributed by atoms with Crippen LogP contribution in [0.15, 0.2) is 71.7 Å². The van der Waals surface area contributed by atoms with E-state index in [1.165, 1.54) is 11.3 Å². The third-order valence-corrected chi connectivity index (χ3v) is 6.85. The third-order valence-electron chi connectivity index (χ3n) is 5.45. The number of pyridine rings is 1. The monoisotopic (exact) mass is 496 g/mol. The minimum absolute atomic E-state index is 0.105. The van der Waals surface area contributed by atoms with Crippen molar-refractivity contribution in [1.82, 2.24) is 9.88 Å². The molecule has 0 aliphatic heterocycles. The smallest absolute Gasteiger partial charge is 0.257 e. The Morgan fingerprint density at radius 1 is 1.18 bits per heavy atom. The van der Waals surface area contributed by atoms with Gasteiger partial charge in [-0.3, -0.25) is 9.59 Å². The normalized spacial score (nSPS) is 12.1. The largest absolute Gasteiger partial charge is 0.386 e. The summed E-state index contributed by atoms with van der Waals surface area (Å²) in [5, 5.41) is 14.2. The van der Waals surface area contributed by atoms with Crippen LogP contribution < -0.4 is 10.7 Å². The summed E-state index contributed by atoms with van der Waals surface area (Å²) in [6.07, 6.45) is 0.893. The lowest BCUT2D eigenvalue weighted by Crippen LogP contribution is -2.29. The van der Waals surface area contributed by atoms with Crippen molar-refractivity contribution < 1.29 is 14.6 Å². The van der Waals surface area contributed by atoms with Crippen molar-refractivity contribution in [2.75, 3.05) is 6.61 Å². The van der Waals surface area contributed by atoms with Crippen molar-refractivity contribution in [3.05, 3.63) is 104 Å². The number of benzene rings is 2. The lowest BCUT2D eigenvalue weighted by atomic mass is 10.1. The molecule has 4 aromatic rings. The fourth-order valence-corrected chi connectivity index (χ4v) is 4.87. The molecule has 6 nitrogen and oxygen atoms in total. The zero-order chi connectivity index (χ0) is 24.1. The number of nitrogens with zero attached hydrogens (tertiary/aromatic N) is 1. The maximum atomic E-state index is 13.1. The maximum Gasteiger partial charge on any atom is 0.257 e. The minimum atomic E-state index is -0.720. The molecule has 0 radical (unpaired) electrons. The van der Waals surface area contributed by atoms with Gasteiger partial charge in [0.15, 0.2) is 0 Å². The highest BCUT2D eigenvalue weighted by Gasteiger charge is 2.18. The highest BCUT2D eigenvalue weighted by atomic mass is 35.5. The van der Waals surface area contributed by atoms with Gasteiger partial charge in [0.2, 0.25) is 5.43 Å². The van der Waals surface area contributed by atoms with Gasteiger partial charge in [-0.25, -0.2) is 0 Å². The SMILES string of the molecule is CCn1cc(C(=O)NCc2ccc(Cl)cc2)c(=O)c2cc(COC[C@@H](O)c3ccccc3)sc21. The number of carbonyl (C=O) groups is 1. The molecule has 0 spiro atoms. The van der Waals surface area contributed by atoms with Crippen LogP contribution in [0.2, 0.25) is 5.02 Å². The number of nitrogens with one attached hydrogen (secondary N) is 1. The van der Waals surface area contributed by atoms with Crippen LogP contribution in [-0.2, 0) is 24.4 Å². The molecule has 0 bridgehead atoms. The second-order valence-electron chi connectivity index (χ2n) is 7.84. The first kappa shape index (κ1) is 24.2. The predicted molar refractivity (Wildman–Crippen MR) is 135 cm³/mol. The van der Waals surface area contributed by atoms with Crippen LogP contribution in [0.5, 0.6) is 0 Å². The first-order valence-corrected chi connectivity index (χ1v) is 12.1. The van der Waals surface area contributed by atoms with Gasteiger partial charge in [-0.1, -0.05) is 54.1 Å². The van der Waals surface area contributed by atoms with E-state index in [4.69, 9.17) is 16.3 Å². The van der Waals surface area contributed by atoms with E-state index < -0.39 is 12.0 Å². The lowest BCUT2D eigenvalue weighted by molar-refractivity contribution is 0.0287. The summed E-state index contributed by atoms with van der Waals surface area (Å²) in [5.74, 6) is -0.418. The quantitative estimate of drug-likeness (QED) is 0.345. The van der Waals surface area contributed by atoms with E-state index in [2.05, 4.69) is 5.32 Å². The van der Waals surface area contributed by atoms with Crippen LogP contribution in [-0.4, -0.2) is 22.2 Å². The fourth-order valence-electron chi connectivity index (χ4n) is 3.62.